The van der Waals surface area contributed by atoms with Crippen LogP contribution in [0.3, 0.4) is 0 Å². The second-order valence-electron chi connectivity index (χ2n) is 2.02. The highest BCUT2D eigenvalue weighted by atomic mass is 32.1. The van der Waals surface area contributed by atoms with Gasteiger partial charge in [0.05, 0.1) is 5.69 Å². The molecule has 1 aromatic rings. The maximum Gasteiger partial charge on any atom is 0.183 e. The van der Waals surface area contributed by atoms with Crippen molar-refractivity contribution in [3.8, 4) is 0 Å². The Morgan fingerprint density at radius 3 is 3.18 bits per heavy atom. The van der Waals surface area contributed by atoms with Crippen molar-refractivity contribution < 1.29 is 0 Å². The number of nitrogens with zero attached hydrogens (tertiary/aromatic N) is 1. The molecule has 3 N–H and O–H groups in total. The van der Waals surface area contributed by atoms with Crippen molar-refractivity contribution in [1.82, 2.24) is 4.98 Å². The first-order chi connectivity index (χ1) is 5.36. The standard InChI is InChI=1S/C7H11N3S/c1-2-3-9-7-10-6(4-8)5-11-7/h2,5H,1,3-4,8H2,(H,9,10). The van der Waals surface area contributed by atoms with Crippen LogP contribution in [0.2, 0.25) is 0 Å². The second kappa shape index (κ2) is 4.10. The summed E-state index contributed by atoms with van der Waals surface area (Å²) in [5.74, 6) is 0. The summed E-state index contributed by atoms with van der Waals surface area (Å²) in [6.45, 7) is 4.85. The Balaban J connectivity index is 2.50. The summed E-state index contributed by atoms with van der Waals surface area (Å²) in [5, 5.41) is 5.94. The van der Waals surface area contributed by atoms with Gasteiger partial charge in [0.15, 0.2) is 5.13 Å². The van der Waals surface area contributed by atoms with E-state index in [1.807, 2.05) is 5.38 Å². The SMILES string of the molecule is C=CCNc1nc(CN)cs1. The van der Waals surface area contributed by atoms with E-state index in [-0.39, 0.29) is 0 Å². The Morgan fingerprint density at radius 2 is 2.64 bits per heavy atom. The Hall–Kier alpha value is -0.870. The van der Waals surface area contributed by atoms with Gasteiger partial charge in [-0.1, -0.05) is 6.08 Å². The molecule has 0 aliphatic carbocycles. The molecular weight excluding hydrogens is 158 g/mol. The molecule has 0 aliphatic heterocycles. The van der Waals surface area contributed by atoms with E-state index >= 15 is 0 Å². The molecule has 0 spiro atoms. The van der Waals surface area contributed by atoms with Gasteiger partial charge in [0.1, 0.15) is 0 Å². The fourth-order valence-electron chi connectivity index (χ4n) is 0.641. The van der Waals surface area contributed by atoms with Gasteiger partial charge in [-0.25, -0.2) is 4.98 Å². The average Bonchev–Trinajstić information content (AvgIpc) is 2.48. The summed E-state index contributed by atoms with van der Waals surface area (Å²) >= 11 is 1.56. The molecule has 0 bridgehead atoms. The normalized spacial score (nSPS) is 9.55. The van der Waals surface area contributed by atoms with Crippen LogP contribution < -0.4 is 11.1 Å². The van der Waals surface area contributed by atoms with E-state index in [9.17, 15) is 0 Å². The lowest BCUT2D eigenvalue weighted by atomic mass is 10.5. The van der Waals surface area contributed by atoms with Crippen molar-refractivity contribution in [2.45, 2.75) is 6.54 Å². The maximum atomic E-state index is 5.39. The highest BCUT2D eigenvalue weighted by Gasteiger charge is 1.96. The molecule has 1 rings (SSSR count). The van der Waals surface area contributed by atoms with Crippen molar-refractivity contribution in [2.24, 2.45) is 5.73 Å². The lowest BCUT2D eigenvalue weighted by Crippen LogP contribution is -1.99. The first-order valence-electron chi connectivity index (χ1n) is 3.36. The van der Waals surface area contributed by atoms with Gasteiger partial charge >= 0.3 is 0 Å². The van der Waals surface area contributed by atoms with E-state index in [1.54, 1.807) is 17.4 Å². The fourth-order valence-corrected chi connectivity index (χ4v) is 1.37. The van der Waals surface area contributed by atoms with Gasteiger partial charge in [0, 0.05) is 18.5 Å². The summed E-state index contributed by atoms with van der Waals surface area (Å²) in [6, 6.07) is 0. The average molecular weight is 169 g/mol. The molecule has 0 saturated carbocycles. The molecule has 1 heterocycles. The molecule has 0 aliphatic rings. The van der Waals surface area contributed by atoms with Crippen LogP contribution in [0, 0.1) is 0 Å². The molecular formula is C7H11N3S. The molecule has 0 amide bonds. The maximum absolute atomic E-state index is 5.39. The van der Waals surface area contributed by atoms with Crippen LogP contribution in [0.25, 0.3) is 0 Å². The number of anilines is 1. The molecule has 0 radical (unpaired) electrons. The zero-order chi connectivity index (χ0) is 8.10. The smallest absolute Gasteiger partial charge is 0.183 e. The zero-order valence-electron chi connectivity index (χ0n) is 6.21. The Morgan fingerprint density at radius 1 is 1.82 bits per heavy atom. The molecule has 1 aromatic heterocycles. The molecule has 4 heteroatoms. The first-order valence-corrected chi connectivity index (χ1v) is 4.24. The molecule has 60 valence electrons. The molecule has 0 saturated heterocycles. The van der Waals surface area contributed by atoms with Gasteiger partial charge in [-0.3, -0.25) is 0 Å². The van der Waals surface area contributed by atoms with Gasteiger partial charge in [0.2, 0.25) is 0 Å². The first kappa shape index (κ1) is 8.23. The van der Waals surface area contributed by atoms with Crippen molar-refractivity contribution in [3.63, 3.8) is 0 Å². The molecule has 0 unspecified atom stereocenters. The van der Waals surface area contributed by atoms with Crippen LogP contribution in [0.5, 0.6) is 0 Å². The summed E-state index contributed by atoms with van der Waals surface area (Å²) in [5.41, 5.74) is 6.32. The minimum atomic E-state index is 0.506. The minimum Gasteiger partial charge on any atom is -0.358 e. The number of hydrogen-bond donors (Lipinski definition) is 2. The van der Waals surface area contributed by atoms with Crippen LogP contribution in [0.15, 0.2) is 18.0 Å². The van der Waals surface area contributed by atoms with E-state index in [0.29, 0.717) is 6.54 Å². The lowest BCUT2D eigenvalue weighted by molar-refractivity contribution is 1.01. The second-order valence-corrected chi connectivity index (χ2v) is 2.88. The number of rotatable bonds is 4. The van der Waals surface area contributed by atoms with E-state index in [1.165, 1.54) is 0 Å². The van der Waals surface area contributed by atoms with Gasteiger partial charge in [-0.2, -0.15) is 0 Å². The Bertz CT molecular complexity index is 231. The van der Waals surface area contributed by atoms with E-state index < -0.39 is 0 Å². The van der Waals surface area contributed by atoms with Crippen LogP contribution in [-0.2, 0) is 6.54 Å². The van der Waals surface area contributed by atoms with Gasteiger partial charge in [-0.15, -0.1) is 17.9 Å². The van der Waals surface area contributed by atoms with Crippen LogP contribution in [0.4, 0.5) is 5.13 Å². The van der Waals surface area contributed by atoms with Gasteiger partial charge < -0.3 is 11.1 Å². The minimum absolute atomic E-state index is 0.506. The van der Waals surface area contributed by atoms with Crippen molar-refractivity contribution in [1.29, 1.82) is 0 Å². The molecule has 0 atom stereocenters. The summed E-state index contributed by atoms with van der Waals surface area (Å²) in [7, 11) is 0. The highest BCUT2D eigenvalue weighted by Crippen LogP contribution is 2.13. The van der Waals surface area contributed by atoms with E-state index in [0.717, 1.165) is 17.4 Å². The van der Waals surface area contributed by atoms with Gasteiger partial charge in [-0.05, 0) is 0 Å². The number of thiazole rings is 1. The van der Waals surface area contributed by atoms with Crippen molar-refractivity contribution >= 4 is 16.5 Å². The predicted molar refractivity (Wildman–Crippen MR) is 48.7 cm³/mol. The zero-order valence-corrected chi connectivity index (χ0v) is 7.03. The number of nitrogens with two attached hydrogens (primary N) is 1. The quantitative estimate of drug-likeness (QED) is 0.666. The number of nitrogens with one attached hydrogen (secondary N) is 1. The fraction of sp³-hybridized carbons (Fsp3) is 0.286. The molecule has 0 aromatic carbocycles. The molecule has 11 heavy (non-hydrogen) atoms. The Labute approximate surface area is 70.0 Å². The highest BCUT2D eigenvalue weighted by molar-refractivity contribution is 7.13. The molecule has 3 nitrogen and oxygen atoms in total. The van der Waals surface area contributed by atoms with Crippen molar-refractivity contribution in [3.05, 3.63) is 23.7 Å². The third kappa shape index (κ3) is 2.32. The summed E-state index contributed by atoms with van der Waals surface area (Å²) < 4.78 is 0. The lowest BCUT2D eigenvalue weighted by Gasteiger charge is -1.94. The predicted octanol–water partition coefficient (Wildman–Crippen LogP) is 1.20. The third-order valence-corrected chi connectivity index (χ3v) is 2.01. The van der Waals surface area contributed by atoms with E-state index in [4.69, 9.17) is 5.73 Å². The van der Waals surface area contributed by atoms with Crippen LogP contribution in [0.1, 0.15) is 5.69 Å². The van der Waals surface area contributed by atoms with Crippen LogP contribution in [-0.4, -0.2) is 11.5 Å². The largest absolute Gasteiger partial charge is 0.358 e. The monoisotopic (exact) mass is 169 g/mol. The van der Waals surface area contributed by atoms with Crippen molar-refractivity contribution in [2.75, 3.05) is 11.9 Å². The molecule has 0 fully saturated rings. The Kier molecular flexibility index (Phi) is 3.07. The number of aromatic nitrogens is 1. The number of hydrogen-bond acceptors (Lipinski definition) is 4. The summed E-state index contributed by atoms with van der Waals surface area (Å²) in [6.07, 6.45) is 1.80. The van der Waals surface area contributed by atoms with E-state index in [2.05, 4.69) is 16.9 Å². The van der Waals surface area contributed by atoms with Gasteiger partial charge in [0.25, 0.3) is 0 Å². The topological polar surface area (TPSA) is 50.9 Å². The third-order valence-electron chi connectivity index (χ3n) is 1.16. The van der Waals surface area contributed by atoms with Crippen LogP contribution >= 0.6 is 11.3 Å². The summed E-state index contributed by atoms with van der Waals surface area (Å²) in [4.78, 5) is 4.20.